The molecule has 6 nitrogen and oxygen atoms in total. The van der Waals surface area contributed by atoms with Gasteiger partial charge < -0.3 is 10.6 Å². The first kappa shape index (κ1) is 21.8. The van der Waals surface area contributed by atoms with E-state index < -0.39 is 39.7 Å². The topological polar surface area (TPSA) is 87.3 Å². The molecule has 0 radical (unpaired) electrons. The molecule has 32 heavy (non-hydrogen) atoms. The molecule has 0 spiro atoms. The normalized spacial score (nSPS) is 17.2. The Morgan fingerprint density at radius 1 is 0.938 bits per heavy atom. The third kappa shape index (κ3) is 4.43. The number of hydrogen-bond donors (Lipinski definition) is 3. The summed E-state index contributed by atoms with van der Waals surface area (Å²) in [5.74, 6) is -0.917. The summed E-state index contributed by atoms with van der Waals surface area (Å²) < 4.78 is 79.4. The number of anilines is 2. The lowest BCUT2D eigenvalue weighted by atomic mass is 10.1. The van der Waals surface area contributed by atoms with Gasteiger partial charge in [0.05, 0.1) is 11.3 Å². The smallest absolute Gasteiger partial charge is 0.364 e. The fraction of sp³-hybridized carbons (Fsp3) is 0.0952. The number of fused-ring (bicyclic) bond motifs is 1. The number of carbonyl (C=O) groups excluding carboxylic acids is 1. The molecule has 1 amide bonds. The Hall–Kier alpha value is -3.44. The van der Waals surface area contributed by atoms with Crippen molar-refractivity contribution >= 4 is 27.3 Å². The summed E-state index contributed by atoms with van der Waals surface area (Å²) in [6.45, 7) is 0. The quantitative estimate of drug-likeness (QED) is 0.497. The van der Waals surface area contributed by atoms with Gasteiger partial charge in [-0.25, -0.2) is 12.8 Å². The van der Waals surface area contributed by atoms with Gasteiger partial charge in [-0.2, -0.15) is 17.9 Å². The van der Waals surface area contributed by atoms with E-state index in [-0.39, 0.29) is 16.1 Å². The van der Waals surface area contributed by atoms with E-state index in [2.05, 4.69) is 15.4 Å². The number of rotatable bonds is 3. The van der Waals surface area contributed by atoms with Crippen LogP contribution in [0.2, 0.25) is 0 Å². The van der Waals surface area contributed by atoms with E-state index >= 15 is 0 Å². The molecule has 1 atom stereocenters. The molecule has 0 saturated heterocycles. The largest absolute Gasteiger partial charge is 0.416 e. The van der Waals surface area contributed by atoms with E-state index in [0.717, 1.165) is 12.1 Å². The number of alkyl halides is 3. The Kier molecular flexibility index (Phi) is 5.39. The van der Waals surface area contributed by atoms with Gasteiger partial charge in [0.25, 0.3) is 5.91 Å². The molecule has 1 unspecified atom stereocenters. The van der Waals surface area contributed by atoms with E-state index in [1.807, 2.05) is 0 Å². The van der Waals surface area contributed by atoms with Gasteiger partial charge in [0, 0.05) is 11.3 Å². The Morgan fingerprint density at radius 3 is 2.22 bits per heavy atom. The van der Waals surface area contributed by atoms with Gasteiger partial charge >= 0.3 is 6.18 Å². The van der Waals surface area contributed by atoms with E-state index in [0.29, 0.717) is 17.3 Å². The second kappa shape index (κ2) is 7.92. The van der Waals surface area contributed by atoms with Crippen molar-refractivity contribution in [1.29, 1.82) is 0 Å². The predicted molar refractivity (Wildman–Crippen MR) is 109 cm³/mol. The highest BCUT2D eigenvalue weighted by molar-refractivity contribution is 7.89. The van der Waals surface area contributed by atoms with Crippen molar-refractivity contribution in [2.24, 2.45) is 0 Å². The number of sulfonamides is 1. The van der Waals surface area contributed by atoms with Crippen LogP contribution in [0.5, 0.6) is 0 Å². The van der Waals surface area contributed by atoms with Crippen molar-refractivity contribution in [3.05, 3.63) is 89.2 Å². The molecule has 11 heteroatoms. The molecule has 0 saturated carbocycles. The van der Waals surface area contributed by atoms with Crippen molar-refractivity contribution in [1.82, 2.24) is 4.72 Å². The molecule has 0 bridgehead atoms. The van der Waals surface area contributed by atoms with Crippen molar-refractivity contribution < 1.29 is 30.8 Å². The maximum absolute atomic E-state index is 13.0. The van der Waals surface area contributed by atoms with Gasteiger partial charge in [0.2, 0.25) is 10.0 Å². The van der Waals surface area contributed by atoms with Crippen LogP contribution in [0.15, 0.2) is 71.6 Å². The van der Waals surface area contributed by atoms with E-state index in [1.165, 1.54) is 48.5 Å². The van der Waals surface area contributed by atoms with Gasteiger partial charge in [-0.05, 0) is 60.2 Å². The summed E-state index contributed by atoms with van der Waals surface area (Å²) in [6, 6.07) is 13.3. The first-order valence-electron chi connectivity index (χ1n) is 9.20. The summed E-state index contributed by atoms with van der Waals surface area (Å²) in [7, 11) is -4.06. The second-order valence-electron chi connectivity index (χ2n) is 6.99. The van der Waals surface area contributed by atoms with Crippen LogP contribution >= 0.6 is 0 Å². The fourth-order valence-electron chi connectivity index (χ4n) is 3.17. The fourth-order valence-corrected chi connectivity index (χ4v) is 4.46. The van der Waals surface area contributed by atoms with Crippen molar-refractivity contribution in [2.45, 2.75) is 17.2 Å². The zero-order valence-electron chi connectivity index (χ0n) is 16.1. The first-order valence-corrected chi connectivity index (χ1v) is 10.7. The average molecular weight is 465 g/mol. The summed E-state index contributed by atoms with van der Waals surface area (Å²) in [5, 5.41) is 5.34. The van der Waals surface area contributed by atoms with Crippen LogP contribution in [0, 0.1) is 5.82 Å². The van der Waals surface area contributed by atoms with Crippen LogP contribution in [-0.4, -0.2) is 14.3 Å². The molecule has 3 N–H and O–H groups in total. The predicted octanol–water partition coefficient (Wildman–Crippen LogP) is 4.50. The molecular formula is C21H15F4N3O3S. The zero-order valence-corrected chi connectivity index (χ0v) is 16.9. The monoisotopic (exact) mass is 465 g/mol. The lowest BCUT2D eigenvalue weighted by Crippen LogP contribution is -2.38. The Bertz CT molecular complexity index is 1280. The van der Waals surface area contributed by atoms with Gasteiger partial charge in [0.1, 0.15) is 16.9 Å². The van der Waals surface area contributed by atoms with Gasteiger partial charge in [0.15, 0.2) is 0 Å². The molecule has 1 aliphatic rings. The minimum absolute atomic E-state index is 0.179. The number of halogens is 4. The van der Waals surface area contributed by atoms with Crippen molar-refractivity contribution in [2.75, 3.05) is 10.6 Å². The number of carbonyl (C=O) groups is 1. The molecule has 0 aliphatic carbocycles. The molecular weight excluding hydrogens is 450 g/mol. The SMILES string of the molecule is O=C(Nc1ccc(F)cc1)c1ccc(C2Nc3cc(C(F)(F)F)ccc3S(=O)(=O)N2)cc1. The Labute approximate surface area is 180 Å². The van der Waals surface area contributed by atoms with Crippen LogP contribution in [0.3, 0.4) is 0 Å². The molecule has 3 aromatic carbocycles. The van der Waals surface area contributed by atoms with Crippen molar-refractivity contribution in [3.63, 3.8) is 0 Å². The lowest BCUT2D eigenvalue weighted by Gasteiger charge is -2.29. The lowest BCUT2D eigenvalue weighted by molar-refractivity contribution is -0.137. The van der Waals surface area contributed by atoms with Gasteiger partial charge in [-0.15, -0.1) is 0 Å². The molecule has 1 aliphatic heterocycles. The zero-order chi connectivity index (χ0) is 23.1. The van der Waals surface area contributed by atoms with Crippen LogP contribution in [0.4, 0.5) is 28.9 Å². The Balaban J connectivity index is 1.55. The Morgan fingerprint density at radius 2 is 1.59 bits per heavy atom. The number of nitrogens with one attached hydrogen (secondary N) is 3. The molecule has 0 fully saturated rings. The molecule has 3 aromatic rings. The minimum atomic E-state index is -4.62. The van der Waals surface area contributed by atoms with Crippen LogP contribution < -0.4 is 15.4 Å². The molecule has 0 aromatic heterocycles. The second-order valence-corrected chi connectivity index (χ2v) is 8.67. The number of amides is 1. The third-order valence-electron chi connectivity index (χ3n) is 4.78. The van der Waals surface area contributed by atoms with E-state index in [9.17, 15) is 30.8 Å². The summed E-state index contributed by atoms with van der Waals surface area (Å²) >= 11 is 0. The minimum Gasteiger partial charge on any atom is -0.364 e. The van der Waals surface area contributed by atoms with Gasteiger partial charge in [-0.1, -0.05) is 12.1 Å². The molecule has 4 rings (SSSR count). The maximum atomic E-state index is 13.0. The summed E-state index contributed by atoms with van der Waals surface area (Å²) in [4.78, 5) is 12.1. The highest BCUT2D eigenvalue weighted by atomic mass is 32.2. The third-order valence-corrected chi connectivity index (χ3v) is 6.26. The van der Waals surface area contributed by atoms with Crippen LogP contribution in [-0.2, 0) is 16.2 Å². The highest BCUT2D eigenvalue weighted by Gasteiger charge is 2.35. The van der Waals surface area contributed by atoms with E-state index in [4.69, 9.17) is 0 Å². The summed E-state index contributed by atoms with van der Waals surface area (Å²) in [5.41, 5.74) is -0.139. The average Bonchev–Trinajstić information content (AvgIpc) is 2.74. The standard InChI is InChI=1S/C21H15F4N3O3S/c22-15-6-8-16(9-7-15)26-20(29)13-3-1-12(2-4-13)19-27-17-11-14(21(23,24)25)5-10-18(17)32(30,31)28-19/h1-11,19,27-28H,(H,26,29). The maximum Gasteiger partial charge on any atom is 0.416 e. The van der Waals surface area contributed by atoms with Crippen LogP contribution in [0.1, 0.15) is 27.7 Å². The highest BCUT2D eigenvalue weighted by Crippen LogP contribution is 2.37. The number of hydrogen-bond acceptors (Lipinski definition) is 4. The van der Waals surface area contributed by atoms with Crippen LogP contribution in [0.25, 0.3) is 0 Å². The molecule has 1 heterocycles. The summed E-state index contributed by atoms with van der Waals surface area (Å²) in [6.07, 6.45) is -5.66. The van der Waals surface area contributed by atoms with E-state index in [1.54, 1.807) is 0 Å². The van der Waals surface area contributed by atoms with Gasteiger partial charge in [-0.3, -0.25) is 4.79 Å². The first-order chi connectivity index (χ1) is 15.0. The van der Waals surface area contributed by atoms with Crippen molar-refractivity contribution in [3.8, 4) is 0 Å². The number of benzene rings is 3. The molecule has 166 valence electrons.